The number of carbonyl (C=O) groups is 2. The van der Waals surface area contributed by atoms with Gasteiger partial charge in [0.2, 0.25) is 5.91 Å². The molecule has 116 valence electrons. The lowest BCUT2D eigenvalue weighted by Crippen LogP contribution is -2.56. The molecule has 4 N–H and O–H groups in total. The predicted octanol–water partition coefficient (Wildman–Crippen LogP) is 1.76. The first-order valence-electron chi connectivity index (χ1n) is 7.36. The van der Waals surface area contributed by atoms with Crippen molar-refractivity contribution in [2.24, 2.45) is 22.5 Å². The van der Waals surface area contributed by atoms with E-state index in [9.17, 15) is 14.7 Å². The van der Waals surface area contributed by atoms with E-state index in [-0.39, 0.29) is 12.5 Å². The van der Waals surface area contributed by atoms with Crippen LogP contribution in [0.15, 0.2) is 0 Å². The van der Waals surface area contributed by atoms with Crippen molar-refractivity contribution in [1.29, 1.82) is 0 Å². The van der Waals surface area contributed by atoms with Gasteiger partial charge >= 0.3 is 5.97 Å². The van der Waals surface area contributed by atoms with Crippen molar-refractivity contribution in [3.8, 4) is 0 Å². The third-order valence-corrected chi connectivity index (χ3v) is 4.49. The van der Waals surface area contributed by atoms with Crippen molar-refractivity contribution in [3.63, 3.8) is 0 Å². The molecule has 0 heterocycles. The van der Waals surface area contributed by atoms with Crippen LogP contribution in [0.5, 0.6) is 0 Å². The zero-order valence-corrected chi connectivity index (χ0v) is 13.0. The lowest BCUT2D eigenvalue weighted by Gasteiger charge is -2.39. The number of nitrogens with two attached hydrogens (primary N) is 1. The maximum Gasteiger partial charge on any atom is 0.326 e. The maximum absolute atomic E-state index is 12.6. The van der Waals surface area contributed by atoms with Crippen molar-refractivity contribution in [3.05, 3.63) is 0 Å². The van der Waals surface area contributed by atoms with Gasteiger partial charge in [-0.2, -0.15) is 0 Å². The van der Waals surface area contributed by atoms with Gasteiger partial charge in [-0.1, -0.05) is 27.7 Å². The van der Waals surface area contributed by atoms with Crippen LogP contribution in [-0.2, 0) is 9.59 Å². The third-order valence-electron chi connectivity index (χ3n) is 4.49. The molecule has 1 saturated carbocycles. The number of carboxylic acids is 1. The highest BCUT2D eigenvalue weighted by atomic mass is 16.4. The molecule has 0 aromatic rings. The predicted molar refractivity (Wildman–Crippen MR) is 78.1 cm³/mol. The maximum atomic E-state index is 12.6. The van der Waals surface area contributed by atoms with Gasteiger partial charge in [0.15, 0.2) is 0 Å². The molecule has 1 aliphatic rings. The fourth-order valence-corrected chi connectivity index (χ4v) is 2.77. The van der Waals surface area contributed by atoms with Crippen LogP contribution in [0.1, 0.15) is 53.4 Å². The summed E-state index contributed by atoms with van der Waals surface area (Å²) in [5.74, 6) is -0.586. The fraction of sp³-hybridized carbons (Fsp3) is 0.867. The van der Waals surface area contributed by atoms with Gasteiger partial charge in [0.25, 0.3) is 0 Å². The van der Waals surface area contributed by atoms with Crippen LogP contribution in [0, 0.1) is 16.7 Å². The topological polar surface area (TPSA) is 92.4 Å². The number of hydrogen-bond donors (Lipinski definition) is 3. The summed E-state index contributed by atoms with van der Waals surface area (Å²) >= 11 is 0. The van der Waals surface area contributed by atoms with Crippen LogP contribution in [-0.4, -0.2) is 29.6 Å². The molecule has 0 spiro atoms. The summed E-state index contributed by atoms with van der Waals surface area (Å²) in [6.45, 7) is 7.88. The number of carbonyl (C=O) groups excluding carboxylic acids is 1. The second kappa shape index (κ2) is 6.12. The molecule has 1 aliphatic carbocycles. The first kappa shape index (κ1) is 17.0. The van der Waals surface area contributed by atoms with Crippen molar-refractivity contribution in [2.45, 2.75) is 59.4 Å². The second-order valence-electron chi connectivity index (χ2n) is 7.28. The summed E-state index contributed by atoms with van der Waals surface area (Å²) in [5.41, 5.74) is 4.72. The minimum absolute atomic E-state index is 0.200. The quantitative estimate of drug-likeness (QED) is 0.733. The molecule has 1 rings (SSSR count). The Morgan fingerprint density at radius 3 is 2.20 bits per heavy atom. The Morgan fingerprint density at radius 2 is 1.85 bits per heavy atom. The van der Waals surface area contributed by atoms with E-state index in [1.807, 2.05) is 20.8 Å². The fourth-order valence-electron chi connectivity index (χ4n) is 2.77. The molecule has 20 heavy (non-hydrogen) atoms. The van der Waals surface area contributed by atoms with E-state index in [0.29, 0.717) is 5.92 Å². The van der Waals surface area contributed by atoms with E-state index in [4.69, 9.17) is 5.73 Å². The number of hydrogen-bond acceptors (Lipinski definition) is 3. The largest absolute Gasteiger partial charge is 0.480 e. The van der Waals surface area contributed by atoms with E-state index in [0.717, 1.165) is 25.7 Å². The van der Waals surface area contributed by atoms with Gasteiger partial charge in [-0.25, -0.2) is 4.79 Å². The molecular formula is C15H28N2O3. The molecular weight excluding hydrogens is 256 g/mol. The molecule has 5 heteroatoms. The SMILES string of the molecule is CC1CCC(CN)(C(=O)NC(C(=O)O)C(C)(C)C)CC1. The Labute approximate surface area is 121 Å². The average molecular weight is 284 g/mol. The zero-order valence-electron chi connectivity index (χ0n) is 13.0. The third kappa shape index (κ3) is 3.72. The highest BCUT2D eigenvalue weighted by Crippen LogP contribution is 2.38. The second-order valence-corrected chi connectivity index (χ2v) is 7.28. The number of rotatable bonds is 4. The molecule has 0 saturated heterocycles. The smallest absolute Gasteiger partial charge is 0.326 e. The highest BCUT2D eigenvalue weighted by Gasteiger charge is 2.43. The van der Waals surface area contributed by atoms with Crippen LogP contribution < -0.4 is 11.1 Å². The first-order valence-corrected chi connectivity index (χ1v) is 7.36. The number of amides is 1. The Bertz CT molecular complexity index is 366. The van der Waals surface area contributed by atoms with Crippen molar-refractivity contribution in [2.75, 3.05) is 6.54 Å². The molecule has 1 atom stereocenters. The van der Waals surface area contributed by atoms with E-state index in [1.165, 1.54) is 0 Å². The summed E-state index contributed by atoms with van der Waals surface area (Å²) in [4.78, 5) is 23.9. The van der Waals surface area contributed by atoms with Gasteiger partial charge in [-0.05, 0) is 37.0 Å². The van der Waals surface area contributed by atoms with Crippen molar-refractivity contribution >= 4 is 11.9 Å². The summed E-state index contributed by atoms with van der Waals surface area (Å²) in [5, 5.41) is 12.0. The number of nitrogens with one attached hydrogen (secondary N) is 1. The van der Waals surface area contributed by atoms with Crippen LogP contribution in [0.25, 0.3) is 0 Å². The molecule has 0 aliphatic heterocycles. The van der Waals surface area contributed by atoms with Crippen molar-refractivity contribution in [1.82, 2.24) is 5.32 Å². The summed E-state index contributed by atoms with van der Waals surface area (Å²) in [6, 6.07) is -0.891. The Hall–Kier alpha value is -1.10. The van der Waals surface area contributed by atoms with Gasteiger partial charge in [0.1, 0.15) is 6.04 Å². The number of aliphatic carboxylic acids is 1. The summed E-state index contributed by atoms with van der Waals surface area (Å²) in [7, 11) is 0. The highest BCUT2D eigenvalue weighted by molar-refractivity contribution is 5.88. The zero-order chi connectivity index (χ0) is 15.6. The Kier molecular flexibility index (Phi) is 5.19. The van der Waals surface area contributed by atoms with Crippen LogP contribution in [0.3, 0.4) is 0 Å². The van der Waals surface area contributed by atoms with Crippen LogP contribution in [0.2, 0.25) is 0 Å². The van der Waals surface area contributed by atoms with Gasteiger partial charge in [-0.3, -0.25) is 4.79 Å². The van der Waals surface area contributed by atoms with Gasteiger partial charge < -0.3 is 16.2 Å². The monoisotopic (exact) mass is 284 g/mol. The number of carboxylic acid groups (broad SMARTS) is 1. The minimum Gasteiger partial charge on any atom is -0.480 e. The van der Waals surface area contributed by atoms with E-state index < -0.39 is 22.8 Å². The lowest BCUT2D eigenvalue weighted by atomic mass is 9.70. The molecule has 1 unspecified atom stereocenters. The van der Waals surface area contributed by atoms with Crippen LogP contribution >= 0.6 is 0 Å². The van der Waals surface area contributed by atoms with Crippen LogP contribution in [0.4, 0.5) is 0 Å². The van der Waals surface area contributed by atoms with Gasteiger partial charge in [-0.15, -0.1) is 0 Å². The molecule has 1 fully saturated rings. The van der Waals surface area contributed by atoms with Crippen molar-refractivity contribution < 1.29 is 14.7 Å². The Balaban J connectivity index is 2.84. The van der Waals surface area contributed by atoms with Gasteiger partial charge in [0, 0.05) is 6.54 Å². The van der Waals surface area contributed by atoms with E-state index >= 15 is 0 Å². The molecule has 0 aromatic heterocycles. The molecule has 1 amide bonds. The first-order chi connectivity index (χ1) is 9.12. The Morgan fingerprint density at radius 1 is 1.35 bits per heavy atom. The van der Waals surface area contributed by atoms with E-state index in [1.54, 1.807) is 0 Å². The molecule has 0 radical (unpaired) electrons. The minimum atomic E-state index is -0.998. The lowest BCUT2D eigenvalue weighted by molar-refractivity contribution is -0.147. The van der Waals surface area contributed by atoms with E-state index in [2.05, 4.69) is 12.2 Å². The summed E-state index contributed by atoms with van der Waals surface area (Å²) in [6.07, 6.45) is 3.43. The summed E-state index contributed by atoms with van der Waals surface area (Å²) < 4.78 is 0. The normalized spacial score (nSPS) is 28.8. The standard InChI is InChI=1S/C15H28N2O3/c1-10-5-7-15(9-16,8-6-10)13(20)17-11(12(18)19)14(2,3)4/h10-11H,5-9,16H2,1-4H3,(H,17,20)(H,18,19). The molecule has 0 bridgehead atoms. The van der Waals surface area contributed by atoms with Gasteiger partial charge in [0.05, 0.1) is 5.41 Å². The molecule has 5 nitrogen and oxygen atoms in total. The average Bonchev–Trinajstić information content (AvgIpc) is 2.35. The molecule has 0 aromatic carbocycles.